The Morgan fingerprint density at radius 1 is 1.26 bits per heavy atom. The average Bonchev–Trinajstić information content (AvgIpc) is 2.77. The van der Waals surface area contributed by atoms with Crippen molar-refractivity contribution < 1.29 is 0 Å². The minimum absolute atomic E-state index is 0.352. The Morgan fingerprint density at radius 3 is 2.68 bits per heavy atom. The molecule has 2 aromatic rings. The number of aryl methyl sites for hydroxylation is 1. The predicted molar refractivity (Wildman–Crippen MR) is 91.0 cm³/mol. The van der Waals surface area contributed by atoms with Crippen molar-refractivity contribution in [2.45, 2.75) is 26.3 Å². The van der Waals surface area contributed by atoms with Crippen LogP contribution < -0.4 is 5.32 Å². The van der Waals surface area contributed by atoms with Crippen LogP contribution in [0.1, 0.15) is 29.0 Å². The van der Waals surface area contributed by atoms with Crippen LogP contribution in [0, 0.1) is 6.92 Å². The first-order valence-electron chi connectivity index (χ1n) is 6.32. The Morgan fingerprint density at radius 2 is 2.05 bits per heavy atom. The standard InChI is InChI=1S/C15H17Br2NS/c1-3-18-15(8-12-7-11(16)9-19-12)13-6-10(2)4-5-14(13)17/h4-7,9,15,18H,3,8H2,1-2H3. The van der Waals surface area contributed by atoms with E-state index in [0.29, 0.717) is 6.04 Å². The van der Waals surface area contributed by atoms with Gasteiger partial charge in [-0.15, -0.1) is 11.3 Å². The molecular formula is C15H17Br2NS. The summed E-state index contributed by atoms with van der Waals surface area (Å²) >= 11 is 9.00. The molecule has 0 aliphatic carbocycles. The molecule has 1 unspecified atom stereocenters. The van der Waals surface area contributed by atoms with Crippen molar-refractivity contribution in [3.05, 3.63) is 54.6 Å². The molecule has 0 saturated heterocycles. The summed E-state index contributed by atoms with van der Waals surface area (Å²) in [5.41, 5.74) is 2.64. The minimum Gasteiger partial charge on any atom is -0.310 e. The van der Waals surface area contributed by atoms with Crippen molar-refractivity contribution in [1.29, 1.82) is 0 Å². The average molecular weight is 403 g/mol. The molecule has 1 nitrogen and oxygen atoms in total. The van der Waals surface area contributed by atoms with E-state index in [2.05, 4.69) is 80.7 Å². The van der Waals surface area contributed by atoms with E-state index in [-0.39, 0.29) is 0 Å². The van der Waals surface area contributed by atoms with Crippen LogP contribution in [0.15, 0.2) is 38.6 Å². The molecule has 0 aliphatic heterocycles. The van der Waals surface area contributed by atoms with Gasteiger partial charge in [0.2, 0.25) is 0 Å². The molecule has 0 saturated carbocycles. The fraction of sp³-hybridized carbons (Fsp3) is 0.333. The molecule has 0 amide bonds. The fourth-order valence-electron chi connectivity index (χ4n) is 2.13. The number of rotatable bonds is 5. The molecular weight excluding hydrogens is 386 g/mol. The van der Waals surface area contributed by atoms with Gasteiger partial charge < -0.3 is 5.32 Å². The lowest BCUT2D eigenvalue weighted by molar-refractivity contribution is 0.551. The third-order valence-corrected chi connectivity index (χ3v) is 5.45. The maximum Gasteiger partial charge on any atom is 0.0380 e. The number of likely N-dealkylation sites (N-methyl/N-ethyl adjacent to an activating group) is 1. The lowest BCUT2D eigenvalue weighted by atomic mass is 10.0. The second-order valence-electron chi connectivity index (χ2n) is 4.57. The Kier molecular flexibility index (Phi) is 5.63. The maximum atomic E-state index is 3.67. The molecule has 1 aromatic heterocycles. The molecule has 102 valence electrons. The zero-order valence-corrected chi connectivity index (χ0v) is 15.0. The Labute approximate surface area is 135 Å². The molecule has 1 aromatic carbocycles. The quantitative estimate of drug-likeness (QED) is 0.698. The van der Waals surface area contributed by atoms with Crippen molar-refractivity contribution >= 4 is 43.2 Å². The van der Waals surface area contributed by atoms with Gasteiger partial charge in [0.1, 0.15) is 0 Å². The molecule has 0 spiro atoms. The van der Waals surface area contributed by atoms with Gasteiger partial charge in [-0.25, -0.2) is 0 Å². The third-order valence-electron chi connectivity index (χ3n) is 3.00. The van der Waals surface area contributed by atoms with Crippen LogP contribution in [0.2, 0.25) is 0 Å². The van der Waals surface area contributed by atoms with Gasteiger partial charge in [-0.3, -0.25) is 0 Å². The summed E-state index contributed by atoms with van der Waals surface area (Å²) in [5, 5.41) is 5.73. The van der Waals surface area contributed by atoms with Gasteiger partial charge in [-0.2, -0.15) is 0 Å². The van der Waals surface area contributed by atoms with Gasteiger partial charge in [0.15, 0.2) is 0 Å². The summed E-state index contributed by atoms with van der Waals surface area (Å²) in [5.74, 6) is 0. The van der Waals surface area contributed by atoms with E-state index in [1.165, 1.54) is 24.9 Å². The molecule has 1 N–H and O–H groups in total. The molecule has 2 rings (SSSR count). The van der Waals surface area contributed by atoms with E-state index >= 15 is 0 Å². The number of hydrogen-bond acceptors (Lipinski definition) is 2. The van der Waals surface area contributed by atoms with Crippen LogP contribution in [0.5, 0.6) is 0 Å². The molecule has 0 radical (unpaired) electrons. The number of nitrogens with one attached hydrogen (secondary N) is 1. The first-order chi connectivity index (χ1) is 9.10. The monoisotopic (exact) mass is 401 g/mol. The summed E-state index contributed by atoms with van der Waals surface area (Å²) in [6, 6.07) is 9.10. The number of hydrogen-bond donors (Lipinski definition) is 1. The van der Waals surface area contributed by atoms with Crippen LogP contribution in [-0.2, 0) is 6.42 Å². The summed E-state index contributed by atoms with van der Waals surface area (Å²) in [6.07, 6.45) is 1.02. The number of halogens is 2. The Hall–Kier alpha value is -0.160. The van der Waals surface area contributed by atoms with Crippen molar-refractivity contribution in [1.82, 2.24) is 5.32 Å². The summed E-state index contributed by atoms with van der Waals surface area (Å²) in [7, 11) is 0. The Balaban J connectivity index is 2.26. The highest BCUT2D eigenvalue weighted by atomic mass is 79.9. The second-order valence-corrected chi connectivity index (χ2v) is 7.34. The summed E-state index contributed by atoms with van der Waals surface area (Å²) < 4.78 is 2.35. The fourth-order valence-corrected chi connectivity index (χ4v) is 4.15. The largest absolute Gasteiger partial charge is 0.310 e. The van der Waals surface area contributed by atoms with Gasteiger partial charge >= 0.3 is 0 Å². The van der Waals surface area contributed by atoms with Gasteiger partial charge in [0.25, 0.3) is 0 Å². The second kappa shape index (κ2) is 7.02. The molecule has 19 heavy (non-hydrogen) atoms. The lowest BCUT2D eigenvalue weighted by Crippen LogP contribution is -2.23. The van der Waals surface area contributed by atoms with Gasteiger partial charge in [0, 0.05) is 31.7 Å². The number of benzene rings is 1. The minimum atomic E-state index is 0.352. The van der Waals surface area contributed by atoms with Crippen molar-refractivity contribution in [2.75, 3.05) is 6.54 Å². The first-order valence-corrected chi connectivity index (χ1v) is 8.79. The van der Waals surface area contributed by atoms with E-state index in [9.17, 15) is 0 Å². The van der Waals surface area contributed by atoms with E-state index in [4.69, 9.17) is 0 Å². The third kappa shape index (κ3) is 4.15. The van der Waals surface area contributed by atoms with Crippen LogP contribution in [0.25, 0.3) is 0 Å². The highest BCUT2D eigenvalue weighted by Crippen LogP contribution is 2.30. The van der Waals surface area contributed by atoms with E-state index in [0.717, 1.165) is 13.0 Å². The SMILES string of the molecule is CCNC(Cc1cc(Br)cs1)c1cc(C)ccc1Br. The van der Waals surface area contributed by atoms with Crippen molar-refractivity contribution in [3.8, 4) is 0 Å². The molecule has 0 bridgehead atoms. The van der Waals surface area contributed by atoms with Crippen molar-refractivity contribution in [3.63, 3.8) is 0 Å². The molecule has 0 aliphatic rings. The number of thiophene rings is 1. The Bertz CT molecular complexity index is 551. The lowest BCUT2D eigenvalue weighted by Gasteiger charge is -2.19. The normalized spacial score (nSPS) is 12.6. The van der Waals surface area contributed by atoms with Crippen LogP contribution in [0.3, 0.4) is 0 Å². The maximum absolute atomic E-state index is 3.67. The molecule has 1 atom stereocenters. The summed E-state index contributed by atoms with van der Waals surface area (Å²) in [4.78, 5) is 1.39. The van der Waals surface area contributed by atoms with E-state index < -0.39 is 0 Å². The predicted octanol–water partition coefficient (Wildman–Crippen LogP) is 5.47. The smallest absolute Gasteiger partial charge is 0.0380 e. The van der Waals surface area contributed by atoms with Gasteiger partial charge in [-0.05, 0) is 47.1 Å². The van der Waals surface area contributed by atoms with Crippen LogP contribution in [-0.4, -0.2) is 6.54 Å². The molecule has 4 heteroatoms. The topological polar surface area (TPSA) is 12.0 Å². The first kappa shape index (κ1) is 15.2. The van der Waals surface area contributed by atoms with E-state index in [1.54, 1.807) is 11.3 Å². The van der Waals surface area contributed by atoms with Crippen LogP contribution in [0.4, 0.5) is 0 Å². The molecule has 0 fully saturated rings. The van der Waals surface area contributed by atoms with Crippen molar-refractivity contribution in [2.24, 2.45) is 0 Å². The van der Waals surface area contributed by atoms with Gasteiger partial charge in [-0.1, -0.05) is 40.5 Å². The van der Waals surface area contributed by atoms with Crippen LogP contribution >= 0.6 is 43.2 Å². The zero-order valence-electron chi connectivity index (χ0n) is 11.0. The molecule has 1 heterocycles. The summed E-state index contributed by atoms with van der Waals surface area (Å²) in [6.45, 7) is 5.26. The zero-order chi connectivity index (χ0) is 13.8. The van der Waals surface area contributed by atoms with Gasteiger partial charge in [0.05, 0.1) is 0 Å². The highest BCUT2D eigenvalue weighted by Gasteiger charge is 2.15. The van der Waals surface area contributed by atoms with E-state index in [1.807, 2.05) is 0 Å². The highest BCUT2D eigenvalue weighted by molar-refractivity contribution is 9.10.